The van der Waals surface area contributed by atoms with Crippen LogP contribution in [0.15, 0.2) is 57.8 Å². The summed E-state index contributed by atoms with van der Waals surface area (Å²) in [7, 11) is -2.66. The Morgan fingerprint density at radius 2 is 1.79 bits per heavy atom. The third-order valence-corrected chi connectivity index (χ3v) is 5.72. The number of nitrogens with zero attached hydrogens (tertiary/aromatic N) is 2. The highest BCUT2D eigenvalue weighted by Gasteiger charge is 2.18. The Labute approximate surface area is 140 Å². The van der Waals surface area contributed by atoms with Crippen molar-refractivity contribution >= 4 is 31.6 Å². The summed E-state index contributed by atoms with van der Waals surface area (Å²) in [6.45, 7) is -2.90. The molecule has 0 aliphatic rings. The number of hydrogen-bond acceptors (Lipinski definition) is 4. The van der Waals surface area contributed by atoms with Crippen LogP contribution in [0.5, 0.6) is 5.75 Å². The van der Waals surface area contributed by atoms with Gasteiger partial charge < -0.3 is 4.74 Å². The normalized spacial score (nSPS) is 12.9. The Hall–Kier alpha value is -2.26. The molecule has 0 fully saturated rings. The fourth-order valence-electron chi connectivity index (χ4n) is 2.15. The second kappa shape index (κ2) is 6.33. The molecule has 0 spiro atoms. The molecule has 1 heterocycles. The summed E-state index contributed by atoms with van der Waals surface area (Å²) in [6.07, 6.45) is 0. The number of thiazole rings is 1. The number of sulfonamides is 1. The zero-order valence-corrected chi connectivity index (χ0v) is 14.0. The van der Waals surface area contributed by atoms with Crippen LogP contribution in [0.2, 0.25) is 0 Å². The molecule has 0 saturated carbocycles. The lowest BCUT2D eigenvalue weighted by Gasteiger charge is -2.03. The molecule has 0 aliphatic heterocycles. The van der Waals surface area contributed by atoms with Gasteiger partial charge >= 0.3 is 6.55 Å². The highest BCUT2D eigenvalue weighted by atomic mass is 32.2. The number of hydrogen-bond donors (Lipinski definition) is 0. The van der Waals surface area contributed by atoms with E-state index in [9.17, 15) is 17.2 Å². The molecular formula is C15H12F2N2O3S2. The fraction of sp³-hybridized carbons (Fsp3) is 0.133. The van der Waals surface area contributed by atoms with Gasteiger partial charge in [0.05, 0.1) is 22.2 Å². The van der Waals surface area contributed by atoms with E-state index in [4.69, 9.17) is 4.74 Å². The summed E-state index contributed by atoms with van der Waals surface area (Å²) in [5, 5.41) is 0. The lowest BCUT2D eigenvalue weighted by atomic mass is 10.3. The second-order valence-corrected chi connectivity index (χ2v) is 7.36. The van der Waals surface area contributed by atoms with Gasteiger partial charge in [0.15, 0.2) is 0 Å². The van der Waals surface area contributed by atoms with E-state index in [-0.39, 0.29) is 15.2 Å². The van der Waals surface area contributed by atoms with Crippen LogP contribution in [-0.2, 0) is 10.0 Å². The van der Waals surface area contributed by atoms with Crippen molar-refractivity contribution < 1.29 is 21.9 Å². The summed E-state index contributed by atoms with van der Waals surface area (Å²) in [6, 6.07) is 12.0. The lowest BCUT2D eigenvalue weighted by molar-refractivity contribution is 0.0723. The molecule has 5 nitrogen and oxygen atoms in total. The smallest absolute Gasteiger partial charge is 0.321 e. The van der Waals surface area contributed by atoms with E-state index in [1.165, 1.54) is 37.4 Å². The average molecular weight is 370 g/mol. The molecule has 0 unspecified atom stereocenters. The van der Waals surface area contributed by atoms with E-state index < -0.39 is 16.6 Å². The number of rotatable bonds is 4. The van der Waals surface area contributed by atoms with Crippen molar-refractivity contribution in [3.63, 3.8) is 0 Å². The Bertz CT molecular complexity index is 1040. The molecule has 3 rings (SSSR count). The van der Waals surface area contributed by atoms with E-state index in [0.717, 1.165) is 11.3 Å². The van der Waals surface area contributed by atoms with Crippen LogP contribution in [0.3, 0.4) is 0 Å². The molecule has 3 aromatic rings. The number of para-hydroxylation sites is 1. The minimum atomic E-state index is -4.12. The molecule has 0 atom stereocenters. The van der Waals surface area contributed by atoms with Gasteiger partial charge in [-0.25, -0.2) is 0 Å². The molecule has 9 heteroatoms. The Kier molecular flexibility index (Phi) is 4.37. The highest BCUT2D eigenvalue weighted by molar-refractivity contribution is 7.90. The Morgan fingerprint density at radius 3 is 2.42 bits per heavy atom. The molecule has 2 aromatic carbocycles. The third kappa shape index (κ3) is 3.04. The number of fused-ring (bicyclic) bond motifs is 1. The van der Waals surface area contributed by atoms with Gasteiger partial charge in [-0.3, -0.25) is 4.57 Å². The van der Waals surface area contributed by atoms with Crippen LogP contribution in [0.4, 0.5) is 8.78 Å². The molecule has 0 bridgehead atoms. The van der Waals surface area contributed by atoms with Crippen molar-refractivity contribution in [1.82, 2.24) is 4.57 Å². The van der Waals surface area contributed by atoms with Gasteiger partial charge in [0.2, 0.25) is 4.80 Å². The van der Waals surface area contributed by atoms with Crippen LogP contribution >= 0.6 is 11.3 Å². The topological polar surface area (TPSA) is 60.7 Å². The van der Waals surface area contributed by atoms with E-state index >= 15 is 0 Å². The molecule has 0 aliphatic carbocycles. The van der Waals surface area contributed by atoms with E-state index in [2.05, 4.69) is 4.40 Å². The van der Waals surface area contributed by atoms with Gasteiger partial charge in [-0.15, -0.1) is 4.40 Å². The maximum absolute atomic E-state index is 13.4. The number of methoxy groups -OCH3 is 1. The quantitative estimate of drug-likeness (QED) is 0.707. The summed E-state index contributed by atoms with van der Waals surface area (Å²) in [5.41, 5.74) is 0.237. The predicted octanol–water partition coefficient (Wildman–Crippen LogP) is 3.40. The van der Waals surface area contributed by atoms with Crippen LogP contribution < -0.4 is 9.54 Å². The van der Waals surface area contributed by atoms with Gasteiger partial charge in [-0.05, 0) is 36.4 Å². The first kappa shape index (κ1) is 16.6. The van der Waals surface area contributed by atoms with E-state index in [0.29, 0.717) is 15.0 Å². The van der Waals surface area contributed by atoms with Gasteiger partial charge in [0.25, 0.3) is 10.0 Å². The minimum Gasteiger partial charge on any atom is -0.497 e. The minimum absolute atomic E-state index is 0.0958. The maximum atomic E-state index is 13.4. The van der Waals surface area contributed by atoms with Crippen LogP contribution in [0.25, 0.3) is 10.2 Å². The van der Waals surface area contributed by atoms with Crippen LogP contribution in [-0.4, -0.2) is 20.1 Å². The predicted molar refractivity (Wildman–Crippen MR) is 86.8 cm³/mol. The molecule has 0 amide bonds. The number of benzene rings is 2. The van der Waals surface area contributed by atoms with Crippen LogP contribution in [0.1, 0.15) is 6.55 Å². The number of aromatic nitrogens is 1. The molecule has 24 heavy (non-hydrogen) atoms. The zero-order chi connectivity index (χ0) is 17.3. The summed E-state index contributed by atoms with van der Waals surface area (Å²) < 4.78 is 61.2. The Balaban J connectivity index is 2.19. The molecule has 126 valence electrons. The molecule has 0 radical (unpaired) electrons. The number of halogens is 2. The first-order valence-corrected chi connectivity index (χ1v) is 9.01. The van der Waals surface area contributed by atoms with Gasteiger partial charge in [-0.2, -0.15) is 17.2 Å². The van der Waals surface area contributed by atoms with Crippen molar-refractivity contribution in [2.24, 2.45) is 4.40 Å². The van der Waals surface area contributed by atoms with Gasteiger partial charge in [0, 0.05) is 0 Å². The summed E-state index contributed by atoms with van der Waals surface area (Å²) >= 11 is 0.894. The summed E-state index contributed by atoms with van der Waals surface area (Å²) in [5.74, 6) is 0.485. The average Bonchev–Trinajstić information content (AvgIpc) is 2.92. The molecule has 1 aromatic heterocycles. The highest BCUT2D eigenvalue weighted by Crippen LogP contribution is 2.23. The van der Waals surface area contributed by atoms with Crippen molar-refractivity contribution in [3.8, 4) is 5.75 Å². The van der Waals surface area contributed by atoms with Crippen molar-refractivity contribution in [1.29, 1.82) is 0 Å². The standard InChI is InChI=1S/C15H12F2N2O3S2/c1-22-10-6-8-11(9-7-10)24(20,21)18-15-19(14(16)17)12-4-2-3-5-13(12)23-15/h2-9,14H,1H3/b18-15+. The van der Waals surface area contributed by atoms with Crippen LogP contribution in [0, 0.1) is 0 Å². The van der Waals surface area contributed by atoms with Crippen molar-refractivity contribution in [3.05, 3.63) is 53.3 Å². The third-order valence-electron chi connectivity index (χ3n) is 3.28. The Morgan fingerprint density at radius 1 is 1.12 bits per heavy atom. The molecule has 0 N–H and O–H groups in total. The monoisotopic (exact) mass is 370 g/mol. The SMILES string of the molecule is COc1ccc(S(=O)(=O)/N=c2/sc3ccccc3n2C(F)F)cc1. The number of alkyl halides is 2. The lowest BCUT2D eigenvalue weighted by Crippen LogP contribution is -2.17. The van der Waals surface area contributed by atoms with Crippen molar-refractivity contribution in [2.75, 3.05) is 7.11 Å². The second-order valence-electron chi connectivity index (χ2n) is 4.74. The first-order valence-electron chi connectivity index (χ1n) is 6.75. The molecule has 0 saturated heterocycles. The maximum Gasteiger partial charge on any atom is 0.321 e. The first-order chi connectivity index (χ1) is 11.4. The van der Waals surface area contributed by atoms with E-state index in [1.807, 2.05) is 0 Å². The zero-order valence-electron chi connectivity index (χ0n) is 12.4. The van der Waals surface area contributed by atoms with Crippen molar-refractivity contribution in [2.45, 2.75) is 11.4 Å². The fourth-order valence-corrected chi connectivity index (χ4v) is 4.36. The summed E-state index contributed by atoms with van der Waals surface area (Å²) in [4.78, 5) is -0.372. The van der Waals surface area contributed by atoms with Gasteiger partial charge in [0.1, 0.15) is 5.75 Å². The van der Waals surface area contributed by atoms with E-state index in [1.54, 1.807) is 18.2 Å². The number of ether oxygens (including phenoxy) is 1. The molecular weight excluding hydrogens is 358 g/mol. The largest absolute Gasteiger partial charge is 0.497 e. The van der Waals surface area contributed by atoms with Gasteiger partial charge in [-0.1, -0.05) is 23.5 Å².